The van der Waals surface area contributed by atoms with Gasteiger partial charge >= 0.3 is 0 Å². The van der Waals surface area contributed by atoms with Crippen molar-refractivity contribution < 1.29 is 0 Å². The summed E-state index contributed by atoms with van der Waals surface area (Å²) < 4.78 is 6.14. The molecule has 0 aliphatic rings. The van der Waals surface area contributed by atoms with Crippen molar-refractivity contribution in [1.29, 1.82) is 0 Å². The molecule has 0 aliphatic carbocycles. The van der Waals surface area contributed by atoms with E-state index < -0.39 is 0 Å². The highest BCUT2D eigenvalue weighted by molar-refractivity contribution is 7.26. The number of benzene rings is 9. The lowest BCUT2D eigenvalue weighted by Gasteiger charge is -2.28. The molecule has 3 aromatic heterocycles. The number of hydrogen-bond donors (Lipinski definition) is 0. The lowest BCUT2D eigenvalue weighted by Crippen LogP contribution is -2.11. The Morgan fingerprint density at radius 1 is 0.429 bits per heavy atom. The monoisotopic (exact) mass is 749 g/mol. The van der Waals surface area contributed by atoms with E-state index in [1.54, 1.807) is 11.3 Å². The zero-order valence-electron chi connectivity index (χ0n) is 30.1. The van der Waals surface area contributed by atoms with Gasteiger partial charge in [0, 0.05) is 42.9 Å². The van der Waals surface area contributed by atoms with E-state index in [4.69, 9.17) is 4.98 Å². The summed E-state index contributed by atoms with van der Waals surface area (Å²) in [5, 5.41) is 11.0. The fourth-order valence-electron chi connectivity index (χ4n) is 8.71. The van der Waals surface area contributed by atoms with Crippen molar-refractivity contribution >= 4 is 113 Å². The number of anilines is 3. The molecule has 0 spiro atoms. The minimum absolute atomic E-state index is 0.993. The minimum atomic E-state index is 0.993. The molecule has 0 amide bonds. The summed E-state index contributed by atoms with van der Waals surface area (Å²) in [6.07, 6.45) is 0. The fourth-order valence-corrected chi connectivity index (χ4v) is 11.0. The molecule has 9 aromatic carbocycles. The van der Waals surface area contributed by atoms with Gasteiger partial charge in [-0.2, -0.15) is 0 Å². The van der Waals surface area contributed by atoms with Crippen molar-refractivity contribution in [1.82, 2.24) is 9.55 Å². The van der Waals surface area contributed by atoms with Gasteiger partial charge in [0.25, 0.3) is 0 Å². The molecule has 0 radical (unpaired) electrons. The number of aromatic nitrogens is 2. The molecule has 5 heteroatoms. The van der Waals surface area contributed by atoms with Crippen molar-refractivity contribution in [3.63, 3.8) is 0 Å². The predicted molar refractivity (Wildman–Crippen MR) is 242 cm³/mol. The molecule has 0 bridgehead atoms. The SMILES string of the molecule is c1ccc(-n2c3ccccc3c3c4ccccc4c(N(c4cccc5nc(-c6ccc7ccccc7c6)sc45)c4cccc5c4sc4ccccc45)cc32)cc1. The first-order chi connectivity index (χ1) is 27.8. The molecule has 0 fully saturated rings. The third-order valence-corrected chi connectivity index (χ3v) is 13.5. The topological polar surface area (TPSA) is 21.1 Å². The second-order valence-corrected chi connectivity index (χ2v) is 16.4. The van der Waals surface area contributed by atoms with Crippen LogP contribution in [0.3, 0.4) is 0 Å². The van der Waals surface area contributed by atoms with Crippen molar-refractivity contribution in [2.24, 2.45) is 0 Å². The van der Waals surface area contributed by atoms with Crippen molar-refractivity contribution in [2.45, 2.75) is 0 Å². The highest BCUT2D eigenvalue weighted by Crippen LogP contribution is 2.51. The van der Waals surface area contributed by atoms with Crippen LogP contribution < -0.4 is 4.90 Å². The van der Waals surface area contributed by atoms with Gasteiger partial charge in [0.1, 0.15) is 5.01 Å². The Labute approximate surface area is 330 Å². The van der Waals surface area contributed by atoms with Crippen molar-refractivity contribution in [2.75, 3.05) is 4.90 Å². The van der Waals surface area contributed by atoms with Crippen LogP contribution in [0.15, 0.2) is 188 Å². The number of hydrogen-bond acceptors (Lipinski definition) is 4. The molecular weight excluding hydrogens is 719 g/mol. The Hall–Kier alpha value is -6.79. The lowest BCUT2D eigenvalue weighted by molar-refractivity contribution is 1.18. The maximum atomic E-state index is 5.30. The normalized spacial score (nSPS) is 11.9. The van der Waals surface area contributed by atoms with Gasteiger partial charge in [-0.25, -0.2) is 4.98 Å². The van der Waals surface area contributed by atoms with Crippen LogP contribution in [0, 0.1) is 0 Å². The van der Waals surface area contributed by atoms with Crippen LogP contribution in [0.5, 0.6) is 0 Å². The van der Waals surface area contributed by atoms with Gasteiger partial charge in [0.15, 0.2) is 0 Å². The van der Waals surface area contributed by atoms with Crippen molar-refractivity contribution in [3.8, 4) is 16.3 Å². The molecule has 12 rings (SSSR count). The summed E-state index contributed by atoms with van der Waals surface area (Å²) in [6, 6.07) is 68.4. The Morgan fingerprint density at radius 2 is 1.11 bits per heavy atom. The Kier molecular flexibility index (Phi) is 6.97. The van der Waals surface area contributed by atoms with Gasteiger partial charge in [-0.15, -0.1) is 22.7 Å². The van der Waals surface area contributed by atoms with Gasteiger partial charge in [0.2, 0.25) is 0 Å². The molecular formula is C51H31N3S2. The quantitative estimate of drug-likeness (QED) is 0.175. The molecule has 0 saturated carbocycles. The molecule has 12 aromatic rings. The maximum absolute atomic E-state index is 5.30. The zero-order valence-corrected chi connectivity index (χ0v) is 31.7. The molecule has 0 aliphatic heterocycles. The molecule has 0 saturated heterocycles. The number of nitrogens with zero attached hydrogens (tertiary/aromatic N) is 3. The Balaban J connectivity index is 1.20. The van der Waals surface area contributed by atoms with E-state index in [0.29, 0.717) is 0 Å². The number of rotatable bonds is 5. The third-order valence-electron chi connectivity index (χ3n) is 11.2. The average Bonchev–Trinajstić information content (AvgIpc) is 3.97. The number of fused-ring (bicyclic) bond motifs is 10. The molecule has 0 unspecified atom stereocenters. The van der Waals surface area contributed by atoms with Crippen LogP contribution in [0.4, 0.5) is 17.1 Å². The summed E-state index contributed by atoms with van der Waals surface area (Å²) in [6.45, 7) is 0. The van der Waals surface area contributed by atoms with Crippen molar-refractivity contribution in [3.05, 3.63) is 188 Å². The van der Waals surface area contributed by atoms with E-state index in [1.807, 2.05) is 11.3 Å². The molecule has 0 atom stereocenters. The Morgan fingerprint density at radius 3 is 1.98 bits per heavy atom. The van der Waals surface area contributed by atoms with Crippen LogP contribution in [0.2, 0.25) is 0 Å². The highest BCUT2D eigenvalue weighted by atomic mass is 32.1. The van der Waals surface area contributed by atoms with E-state index in [-0.39, 0.29) is 0 Å². The third kappa shape index (κ3) is 4.72. The first-order valence-corrected chi connectivity index (χ1v) is 20.5. The first-order valence-electron chi connectivity index (χ1n) is 18.9. The van der Waals surface area contributed by atoms with Crippen LogP contribution in [0.25, 0.3) is 90.0 Å². The maximum Gasteiger partial charge on any atom is 0.124 e. The van der Waals surface area contributed by atoms with Gasteiger partial charge in [-0.1, -0.05) is 133 Å². The summed E-state index contributed by atoms with van der Waals surface area (Å²) >= 11 is 3.64. The smallest absolute Gasteiger partial charge is 0.124 e. The number of thiazole rings is 1. The summed E-state index contributed by atoms with van der Waals surface area (Å²) in [5.74, 6) is 0. The van der Waals surface area contributed by atoms with Crippen LogP contribution in [-0.4, -0.2) is 9.55 Å². The molecule has 3 heterocycles. The number of thiophene rings is 1. The summed E-state index contributed by atoms with van der Waals surface area (Å²) in [7, 11) is 0. The highest BCUT2D eigenvalue weighted by Gasteiger charge is 2.26. The van der Waals surface area contributed by atoms with Crippen LogP contribution in [-0.2, 0) is 0 Å². The van der Waals surface area contributed by atoms with Gasteiger partial charge in [-0.3, -0.25) is 0 Å². The van der Waals surface area contributed by atoms with Crippen LogP contribution >= 0.6 is 22.7 Å². The summed E-state index contributed by atoms with van der Waals surface area (Å²) in [5.41, 5.74) is 9.04. The van der Waals surface area contributed by atoms with E-state index in [9.17, 15) is 0 Å². The van der Waals surface area contributed by atoms with Crippen LogP contribution in [0.1, 0.15) is 0 Å². The van der Waals surface area contributed by atoms with Gasteiger partial charge < -0.3 is 9.47 Å². The van der Waals surface area contributed by atoms with E-state index in [1.165, 1.54) is 63.5 Å². The average molecular weight is 750 g/mol. The second kappa shape index (κ2) is 12.4. The second-order valence-electron chi connectivity index (χ2n) is 14.3. The van der Waals surface area contributed by atoms with E-state index in [2.05, 4.69) is 198 Å². The van der Waals surface area contributed by atoms with E-state index in [0.717, 1.165) is 43.5 Å². The minimum Gasteiger partial charge on any atom is -0.309 e. The first kappa shape index (κ1) is 31.5. The number of para-hydroxylation sites is 2. The molecule has 262 valence electrons. The standard InChI is InChI=1S/C51H31N3S2/c1-2-16-35(17-3-1)53-42-24-10-8-21-40(42)48-38-20-7-6-18-36(38)45(31-46(48)53)54(43-25-12-22-39-37-19-9-11-27-47(37)55-49(39)43)44-26-13-23-41-50(44)56-51(52-41)34-29-28-32-14-4-5-15-33(32)30-34/h1-31H. The van der Waals surface area contributed by atoms with Gasteiger partial charge in [0.05, 0.1) is 43.0 Å². The largest absolute Gasteiger partial charge is 0.309 e. The molecule has 3 nitrogen and oxygen atoms in total. The summed E-state index contributed by atoms with van der Waals surface area (Å²) in [4.78, 5) is 7.83. The lowest BCUT2D eigenvalue weighted by atomic mass is 10.0. The predicted octanol–water partition coefficient (Wildman–Crippen LogP) is 15.2. The van der Waals surface area contributed by atoms with Gasteiger partial charge in [-0.05, 0) is 70.8 Å². The fraction of sp³-hybridized carbons (Fsp3) is 0. The zero-order chi connectivity index (χ0) is 36.7. The molecule has 0 N–H and O–H groups in total. The Bertz CT molecular complexity index is 3500. The van der Waals surface area contributed by atoms with E-state index >= 15 is 0 Å². The molecule has 56 heavy (non-hydrogen) atoms.